The average molecular weight is 431 g/mol. The number of amides is 1. The van der Waals surface area contributed by atoms with Gasteiger partial charge in [0, 0.05) is 57.4 Å². The number of aromatic nitrogens is 1. The molecule has 1 amide bonds. The van der Waals surface area contributed by atoms with Crippen LogP contribution in [0.15, 0.2) is 12.3 Å². The third-order valence-corrected chi connectivity index (χ3v) is 6.79. The Morgan fingerprint density at radius 1 is 1.03 bits per heavy atom. The van der Waals surface area contributed by atoms with Crippen LogP contribution in [-0.2, 0) is 11.0 Å². The lowest BCUT2D eigenvalue weighted by Crippen LogP contribution is -2.55. The van der Waals surface area contributed by atoms with E-state index in [9.17, 15) is 18.0 Å². The molecule has 5 nitrogen and oxygen atoms in total. The lowest BCUT2D eigenvalue weighted by molar-refractivity contribution is -0.139. The van der Waals surface area contributed by atoms with Crippen molar-refractivity contribution in [3.63, 3.8) is 0 Å². The van der Waals surface area contributed by atoms with Crippen LogP contribution >= 0.6 is 11.6 Å². The van der Waals surface area contributed by atoms with Gasteiger partial charge in [0.1, 0.15) is 5.82 Å². The minimum Gasteiger partial charge on any atom is -0.355 e. The summed E-state index contributed by atoms with van der Waals surface area (Å²) in [6, 6.07) is 1.64. The molecule has 0 spiro atoms. The maximum atomic E-state index is 12.9. The van der Waals surface area contributed by atoms with Crippen LogP contribution in [0.1, 0.15) is 37.7 Å². The highest BCUT2D eigenvalue weighted by Gasteiger charge is 2.35. The maximum absolute atomic E-state index is 12.9. The first-order valence-corrected chi connectivity index (χ1v) is 10.7. The molecular weight excluding hydrogens is 405 g/mol. The third kappa shape index (κ3) is 4.48. The summed E-state index contributed by atoms with van der Waals surface area (Å²) >= 11 is 6.06. The van der Waals surface area contributed by atoms with Gasteiger partial charge >= 0.3 is 6.18 Å². The molecule has 1 aliphatic carbocycles. The van der Waals surface area contributed by atoms with Crippen molar-refractivity contribution in [2.45, 2.75) is 44.3 Å². The Balaban J connectivity index is 1.30. The predicted octanol–water partition coefficient (Wildman–Crippen LogP) is 3.67. The van der Waals surface area contributed by atoms with Gasteiger partial charge in [-0.15, -0.1) is 0 Å². The van der Waals surface area contributed by atoms with Gasteiger partial charge < -0.3 is 9.80 Å². The number of alkyl halides is 3. The molecule has 1 aromatic rings. The Kier molecular flexibility index (Phi) is 5.93. The van der Waals surface area contributed by atoms with Gasteiger partial charge in [0.2, 0.25) is 5.91 Å². The Morgan fingerprint density at radius 3 is 2.21 bits per heavy atom. The predicted molar refractivity (Wildman–Crippen MR) is 105 cm³/mol. The van der Waals surface area contributed by atoms with Crippen molar-refractivity contribution in [2.75, 3.05) is 44.2 Å². The van der Waals surface area contributed by atoms with Gasteiger partial charge in [-0.2, -0.15) is 13.2 Å². The van der Waals surface area contributed by atoms with E-state index in [0.717, 1.165) is 44.5 Å². The molecule has 29 heavy (non-hydrogen) atoms. The maximum Gasteiger partial charge on any atom is 0.417 e. The van der Waals surface area contributed by atoms with Crippen molar-refractivity contribution in [1.29, 1.82) is 0 Å². The average Bonchev–Trinajstić information content (AvgIpc) is 2.66. The zero-order chi connectivity index (χ0) is 20.6. The Labute approximate surface area is 173 Å². The summed E-state index contributed by atoms with van der Waals surface area (Å²) in [6.07, 6.45) is 1.58. The number of carbonyl (C=O) groups excluding carboxylic acids is 1. The number of carbonyl (C=O) groups is 1. The van der Waals surface area contributed by atoms with Crippen LogP contribution in [0.5, 0.6) is 0 Å². The number of halogens is 4. The van der Waals surface area contributed by atoms with E-state index in [1.807, 2.05) is 9.80 Å². The van der Waals surface area contributed by atoms with E-state index in [2.05, 4.69) is 9.88 Å². The summed E-state index contributed by atoms with van der Waals surface area (Å²) in [5.74, 6) is 0.541. The molecule has 1 saturated carbocycles. The highest BCUT2D eigenvalue weighted by molar-refractivity contribution is 6.33. The number of anilines is 1. The first-order valence-electron chi connectivity index (χ1n) is 10.3. The molecule has 9 heteroatoms. The molecular formula is C20H26ClF3N4O. The number of piperidine rings is 1. The first kappa shape index (κ1) is 20.7. The van der Waals surface area contributed by atoms with E-state index in [1.165, 1.54) is 19.3 Å². The topological polar surface area (TPSA) is 39.7 Å². The van der Waals surface area contributed by atoms with E-state index in [1.54, 1.807) is 0 Å². The molecule has 3 aliphatic rings. The molecule has 0 N–H and O–H groups in total. The fourth-order valence-corrected chi connectivity index (χ4v) is 4.76. The lowest BCUT2D eigenvalue weighted by atomic mass is 9.90. The number of rotatable bonds is 3. The summed E-state index contributed by atoms with van der Waals surface area (Å²) < 4.78 is 38.4. The Hall–Kier alpha value is -1.54. The zero-order valence-electron chi connectivity index (χ0n) is 16.3. The van der Waals surface area contributed by atoms with Crippen molar-refractivity contribution < 1.29 is 18.0 Å². The fourth-order valence-electron chi connectivity index (χ4n) is 4.47. The van der Waals surface area contributed by atoms with Crippen LogP contribution < -0.4 is 4.90 Å². The lowest BCUT2D eigenvalue weighted by Gasteiger charge is -2.44. The van der Waals surface area contributed by atoms with E-state index in [0.29, 0.717) is 31.7 Å². The van der Waals surface area contributed by atoms with Crippen LogP contribution in [0.25, 0.3) is 0 Å². The van der Waals surface area contributed by atoms with Crippen molar-refractivity contribution >= 4 is 23.3 Å². The largest absolute Gasteiger partial charge is 0.417 e. The van der Waals surface area contributed by atoms with Crippen LogP contribution in [-0.4, -0.2) is 66.0 Å². The molecule has 0 radical (unpaired) electrons. The number of hydrogen-bond donors (Lipinski definition) is 0. The number of nitrogens with zero attached hydrogens (tertiary/aromatic N) is 4. The van der Waals surface area contributed by atoms with E-state index < -0.39 is 11.7 Å². The molecule has 1 aromatic heterocycles. The third-order valence-electron chi connectivity index (χ3n) is 6.51. The number of pyridine rings is 1. The molecule has 0 bridgehead atoms. The van der Waals surface area contributed by atoms with Gasteiger partial charge in [-0.3, -0.25) is 9.69 Å². The summed E-state index contributed by atoms with van der Waals surface area (Å²) in [4.78, 5) is 23.2. The van der Waals surface area contributed by atoms with Gasteiger partial charge in [0.15, 0.2) is 0 Å². The molecule has 3 heterocycles. The van der Waals surface area contributed by atoms with Crippen molar-refractivity contribution in [3.05, 3.63) is 22.8 Å². The van der Waals surface area contributed by atoms with Crippen molar-refractivity contribution in [3.8, 4) is 0 Å². The second-order valence-corrected chi connectivity index (χ2v) is 8.64. The summed E-state index contributed by atoms with van der Waals surface area (Å²) in [6.45, 7) is 4.64. The second kappa shape index (κ2) is 8.30. The highest BCUT2D eigenvalue weighted by Crippen LogP contribution is 2.35. The Bertz CT molecular complexity index is 740. The van der Waals surface area contributed by atoms with Gasteiger partial charge in [-0.05, 0) is 31.7 Å². The van der Waals surface area contributed by atoms with Gasteiger partial charge in [-0.25, -0.2) is 4.98 Å². The molecule has 0 aromatic carbocycles. The van der Waals surface area contributed by atoms with Crippen LogP contribution in [0.3, 0.4) is 0 Å². The van der Waals surface area contributed by atoms with Gasteiger partial charge in [0.05, 0.1) is 10.6 Å². The second-order valence-electron chi connectivity index (χ2n) is 8.23. The normalized spacial score (nSPS) is 22.6. The SMILES string of the molecule is O=C(C1CCN(c2ncc(C(F)(F)F)cc2Cl)CC1)N1CCN(C2CCC2)CC1. The molecule has 2 saturated heterocycles. The van der Waals surface area contributed by atoms with Gasteiger partial charge in [-0.1, -0.05) is 18.0 Å². The molecule has 2 aliphatic heterocycles. The van der Waals surface area contributed by atoms with E-state index in [4.69, 9.17) is 11.6 Å². The zero-order valence-corrected chi connectivity index (χ0v) is 17.1. The summed E-state index contributed by atoms with van der Waals surface area (Å²) in [5.41, 5.74) is -0.850. The highest BCUT2D eigenvalue weighted by atomic mass is 35.5. The fraction of sp³-hybridized carbons (Fsp3) is 0.700. The molecule has 0 unspecified atom stereocenters. The van der Waals surface area contributed by atoms with Crippen LogP contribution in [0.4, 0.5) is 19.0 Å². The minimum atomic E-state index is -4.46. The van der Waals surface area contributed by atoms with Crippen molar-refractivity contribution in [2.24, 2.45) is 5.92 Å². The molecule has 4 rings (SSSR count). The quantitative estimate of drug-likeness (QED) is 0.733. The summed E-state index contributed by atoms with van der Waals surface area (Å²) in [7, 11) is 0. The van der Waals surface area contributed by atoms with E-state index >= 15 is 0 Å². The van der Waals surface area contributed by atoms with Crippen LogP contribution in [0.2, 0.25) is 5.02 Å². The first-order chi connectivity index (χ1) is 13.8. The van der Waals surface area contributed by atoms with Crippen molar-refractivity contribution in [1.82, 2.24) is 14.8 Å². The monoisotopic (exact) mass is 430 g/mol. The van der Waals surface area contributed by atoms with E-state index in [-0.39, 0.29) is 16.8 Å². The summed E-state index contributed by atoms with van der Waals surface area (Å²) in [5, 5.41) is -0.00304. The molecule has 160 valence electrons. The molecule has 0 atom stereocenters. The number of hydrogen-bond acceptors (Lipinski definition) is 4. The molecule has 3 fully saturated rings. The number of piperazine rings is 1. The van der Waals surface area contributed by atoms with Gasteiger partial charge in [0.25, 0.3) is 0 Å². The minimum absolute atomic E-state index is 0.00304. The Morgan fingerprint density at radius 2 is 1.69 bits per heavy atom. The van der Waals surface area contributed by atoms with Crippen LogP contribution in [0, 0.1) is 5.92 Å². The standard InChI is InChI=1S/C20H26ClF3N4O/c21-17-12-15(20(22,23)24)13-25-18(17)27-6-4-14(5-7-27)19(29)28-10-8-26(9-11-28)16-2-1-3-16/h12-14,16H,1-11H2. The smallest absolute Gasteiger partial charge is 0.355 e.